The number of urea groups is 1. The van der Waals surface area contributed by atoms with E-state index in [9.17, 15) is 9.59 Å². The van der Waals surface area contributed by atoms with E-state index < -0.39 is 0 Å². The van der Waals surface area contributed by atoms with E-state index in [1.165, 1.54) is 4.88 Å². The number of likely N-dealkylation sites (tertiary alicyclic amines) is 1. The lowest BCUT2D eigenvalue weighted by atomic mass is 10.0. The smallest absolute Gasteiger partial charge is 0.319 e. The predicted octanol–water partition coefficient (Wildman–Crippen LogP) is 3.08. The molecule has 1 atom stereocenters. The Bertz CT molecular complexity index is 736. The fourth-order valence-electron chi connectivity index (χ4n) is 3.43. The molecule has 0 bridgehead atoms. The van der Waals surface area contributed by atoms with Gasteiger partial charge in [-0.2, -0.15) is 0 Å². The van der Waals surface area contributed by atoms with Crippen LogP contribution in [0.4, 0.5) is 10.5 Å². The summed E-state index contributed by atoms with van der Waals surface area (Å²) in [6.07, 6.45) is 4.08. The molecule has 1 aliphatic heterocycles. The number of para-hydroxylation sites is 1. The number of amides is 3. The van der Waals surface area contributed by atoms with E-state index in [2.05, 4.69) is 32.3 Å². The Morgan fingerprint density at radius 3 is 2.71 bits per heavy atom. The van der Waals surface area contributed by atoms with Gasteiger partial charge in [0.05, 0.1) is 6.54 Å². The van der Waals surface area contributed by atoms with Gasteiger partial charge in [-0.15, -0.1) is 11.3 Å². The van der Waals surface area contributed by atoms with Crippen LogP contribution < -0.4 is 16.0 Å². The topological polar surface area (TPSA) is 73.5 Å². The summed E-state index contributed by atoms with van der Waals surface area (Å²) >= 11 is 1.71. The Kier molecular flexibility index (Phi) is 7.87. The van der Waals surface area contributed by atoms with Crippen molar-refractivity contribution in [1.82, 2.24) is 15.5 Å². The van der Waals surface area contributed by atoms with Crippen molar-refractivity contribution >= 4 is 29.0 Å². The summed E-state index contributed by atoms with van der Waals surface area (Å²) in [6.45, 7) is 2.48. The number of piperidine rings is 1. The van der Waals surface area contributed by atoms with Crippen LogP contribution in [0.25, 0.3) is 0 Å². The predicted molar refractivity (Wildman–Crippen MR) is 114 cm³/mol. The number of benzene rings is 1. The molecule has 1 fully saturated rings. The minimum atomic E-state index is -0.211. The maximum Gasteiger partial charge on any atom is 0.319 e. The summed E-state index contributed by atoms with van der Waals surface area (Å²) in [6, 6.07) is 13.5. The van der Waals surface area contributed by atoms with Crippen molar-refractivity contribution in [3.05, 3.63) is 52.7 Å². The Balaban J connectivity index is 1.40. The number of hydrogen-bond donors (Lipinski definition) is 3. The molecule has 6 nitrogen and oxygen atoms in total. The summed E-state index contributed by atoms with van der Waals surface area (Å²) in [5.41, 5.74) is 0.769. The Labute approximate surface area is 170 Å². The fraction of sp³-hybridized carbons (Fsp3) is 0.429. The number of nitrogens with zero attached hydrogens (tertiary/aromatic N) is 1. The number of carbonyl (C=O) groups excluding carboxylic acids is 2. The van der Waals surface area contributed by atoms with Crippen LogP contribution in [0.1, 0.15) is 24.1 Å². The average Bonchev–Trinajstić information content (AvgIpc) is 3.21. The molecule has 0 unspecified atom stereocenters. The first kappa shape index (κ1) is 20.4. The van der Waals surface area contributed by atoms with Crippen LogP contribution in [0.15, 0.2) is 47.8 Å². The summed E-state index contributed by atoms with van der Waals surface area (Å²) in [5.74, 6) is 0.0530. The van der Waals surface area contributed by atoms with Crippen molar-refractivity contribution < 1.29 is 9.59 Å². The number of nitrogens with one attached hydrogen (secondary N) is 3. The van der Waals surface area contributed by atoms with Gasteiger partial charge in [-0.05, 0) is 49.4 Å². The maximum absolute atomic E-state index is 12.3. The first-order chi connectivity index (χ1) is 13.7. The number of anilines is 1. The van der Waals surface area contributed by atoms with Gasteiger partial charge in [-0.25, -0.2) is 4.79 Å². The zero-order valence-electron chi connectivity index (χ0n) is 16.0. The van der Waals surface area contributed by atoms with Gasteiger partial charge < -0.3 is 16.0 Å². The van der Waals surface area contributed by atoms with Gasteiger partial charge in [0.2, 0.25) is 5.91 Å². The Morgan fingerprint density at radius 1 is 1.07 bits per heavy atom. The zero-order chi connectivity index (χ0) is 19.6. The summed E-state index contributed by atoms with van der Waals surface area (Å²) < 4.78 is 0. The lowest BCUT2D eigenvalue weighted by molar-refractivity contribution is -0.123. The lowest BCUT2D eigenvalue weighted by Crippen LogP contribution is -2.50. The number of thiophene rings is 1. The molecule has 0 aliphatic carbocycles. The van der Waals surface area contributed by atoms with Gasteiger partial charge in [0.1, 0.15) is 0 Å². The highest BCUT2D eigenvalue weighted by Crippen LogP contribution is 2.16. The number of hydrogen-bond acceptors (Lipinski definition) is 4. The van der Waals surface area contributed by atoms with Gasteiger partial charge in [0, 0.05) is 29.7 Å². The summed E-state index contributed by atoms with van der Waals surface area (Å²) in [7, 11) is 0. The van der Waals surface area contributed by atoms with E-state index in [1.807, 2.05) is 36.4 Å². The number of carbonyl (C=O) groups is 2. The van der Waals surface area contributed by atoms with Gasteiger partial charge >= 0.3 is 6.03 Å². The van der Waals surface area contributed by atoms with Gasteiger partial charge in [0.25, 0.3) is 0 Å². The van der Waals surface area contributed by atoms with Gasteiger partial charge in [-0.1, -0.05) is 30.7 Å². The molecule has 0 radical (unpaired) electrons. The molecule has 3 rings (SSSR count). The fourth-order valence-corrected chi connectivity index (χ4v) is 4.14. The highest BCUT2D eigenvalue weighted by atomic mass is 32.1. The normalized spacial score (nSPS) is 17.1. The van der Waals surface area contributed by atoms with Crippen LogP contribution in [-0.4, -0.2) is 49.1 Å². The third-order valence-electron chi connectivity index (χ3n) is 4.90. The highest BCUT2D eigenvalue weighted by Gasteiger charge is 2.24. The van der Waals surface area contributed by atoms with Crippen LogP contribution in [-0.2, 0) is 11.2 Å². The molecule has 2 heterocycles. The van der Waals surface area contributed by atoms with Crippen LogP contribution in [0.5, 0.6) is 0 Å². The second-order valence-corrected chi connectivity index (χ2v) is 8.03. The summed E-state index contributed by atoms with van der Waals surface area (Å²) in [4.78, 5) is 27.9. The minimum absolute atomic E-state index is 0.0530. The van der Waals surface area contributed by atoms with E-state index in [-0.39, 0.29) is 18.0 Å². The third-order valence-corrected chi connectivity index (χ3v) is 5.84. The molecule has 1 aromatic carbocycles. The van der Waals surface area contributed by atoms with Crippen molar-refractivity contribution in [1.29, 1.82) is 0 Å². The monoisotopic (exact) mass is 400 g/mol. The second kappa shape index (κ2) is 10.8. The molecule has 1 saturated heterocycles. The first-order valence-electron chi connectivity index (χ1n) is 9.84. The highest BCUT2D eigenvalue weighted by molar-refractivity contribution is 7.09. The average molecular weight is 401 g/mol. The molecule has 28 heavy (non-hydrogen) atoms. The van der Waals surface area contributed by atoms with E-state index in [0.717, 1.165) is 37.9 Å². The molecule has 1 aliphatic rings. The standard InChI is InChI=1S/C21H28N4O2S/c26-20(22-12-11-19-10-6-14-28-19)16-25-13-5-4-9-18(25)15-23-21(27)24-17-7-2-1-3-8-17/h1-3,6-8,10,14,18H,4-5,9,11-13,15-16H2,(H,22,26)(H2,23,24,27)/t18-/m1/s1. The summed E-state index contributed by atoms with van der Waals surface area (Å²) in [5, 5.41) is 10.8. The van der Waals surface area contributed by atoms with Crippen molar-refractivity contribution in [2.45, 2.75) is 31.7 Å². The van der Waals surface area contributed by atoms with Crippen molar-refractivity contribution in [2.75, 3.05) is 31.5 Å². The molecule has 150 valence electrons. The van der Waals surface area contributed by atoms with Crippen molar-refractivity contribution in [3.63, 3.8) is 0 Å². The van der Waals surface area contributed by atoms with Crippen LogP contribution in [0.3, 0.4) is 0 Å². The molecule has 7 heteroatoms. The molecule has 0 saturated carbocycles. The van der Waals surface area contributed by atoms with Crippen molar-refractivity contribution in [3.8, 4) is 0 Å². The molecule has 3 N–H and O–H groups in total. The minimum Gasteiger partial charge on any atom is -0.355 e. The second-order valence-electron chi connectivity index (χ2n) is 7.00. The Hall–Kier alpha value is -2.38. The first-order valence-corrected chi connectivity index (χ1v) is 10.7. The van der Waals surface area contributed by atoms with E-state index in [4.69, 9.17) is 0 Å². The Morgan fingerprint density at radius 2 is 1.93 bits per heavy atom. The molecular formula is C21H28N4O2S. The van der Waals surface area contributed by atoms with E-state index in [0.29, 0.717) is 19.6 Å². The molecular weight excluding hydrogens is 372 g/mol. The van der Waals surface area contributed by atoms with Gasteiger partial charge in [-0.3, -0.25) is 9.69 Å². The van der Waals surface area contributed by atoms with Crippen LogP contribution in [0.2, 0.25) is 0 Å². The van der Waals surface area contributed by atoms with Crippen LogP contribution in [0, 0.1) is 0 Å². The third kappa shape index (κ3) is 6.65. The molecule has 3 amide bonds. The molecule has 2 aromatic rings. The number of rotatable bonds is 8. The molecule has 0 spiro atoms. The van der Waals surface area contributed by atoms with Crippen molar-refractivity contribution in [2.24, 2.45) is 0 Å². The SMILES string of the molecule is O=C(CN1CCCC[C@@H]1CNC(=O)Nc1ccccc1)NCCc1cccs1. The maximum atomic E-state index is 12.3. The van der Waals surface area contributed by atoms with Gasteiger partial charge in [0.15, 0.2) is 0 Å². The largest absolute Gasteiger partial charge is 0.355 e. The van der Waals surface area contributed by atoms with E-state index in [1.54, 1.807) is 11.3 Å². The van der Waals surface area contributed by atoms with Crippen LogP contribution >= 0.6 is 11.3 Å². The quantitative estimate of drug-likeness (QED) is 0.638. The molecule has 1 aromatic heterocycles. The zero-order valence-corrected chi connectivity index (χ0v) is 16.8. The lowest BCUT2D eigenvalue weighted by Gasteiger charge is -2.35. The van der Waals surface area contributed by atoms with E-state index >= 15 is 0 Å².